The second kappa shape index (κ2) is 6.54. The minimum Gasteiger partial charge on any atom is -0.481 e. The molecule has 1 aromatic heterocycles. The molecule has 0 fully saturated rings. The van der Waals surface area contributed by atoms with Crippen LogP contribution in [0.4, 0.5) is 5.69 Å². The third-order valence-corrected chi connectivity index (χ3v) is 4.16. The molecule has 21 heavy (non-hydrogen) atoms. The van der Waals surface area contributed by atoms with Gasteiger partial charge in [-0.15, -0.1) is 0 Å². The number of carboxylic acid groups (broad SMARTS) is 1. The molecule has 1 amide bonds. The number of carboxylic acids is 1. The van der Waals surface area contributed by atoms with Crippen molar-refractivity contribution in [2.45, 2.75) is 25.7 Å². The zero-order valence-corrected chi connectivity index (χ0v) is 12.7. The van der Waals surface area contributed by atoms with Crippen molar-refractivity contribution in [2.24, 2.45) is 0 Å². The van der Waals surface area contributed by atoms with Crippen LogP contribution in [0, 0.1) is 0 Å². The minimum atomic E-state index is -0.884. The Kier molecular flexibility index (Phi) is 4.75. The lowest BCUT2D eigenvalue weighted by Crippen LogP contribution is -2.18. The third-order valence-electron chi connectivity index (χ3n) is 3.46. The molecule has 0 aliphatic rings. The lowest BCUT2D eigenvalue weighted by atomic mass is 10.0. The number of amides is 1. The van der Waals surface area contributed by atoms with Gasteiger partial charge < -0.3 is 10.4 Å². The van der Waals surface area contributed by atoms with Gasteiger partial charge in [0.05, 0.1) is 11.8 Å². The Labute approximate surface area is 127 Å². The molecule has 2 N–H and O–H groups in total. The van der Waals surface area contributed by atoms with Crippen LogP contribution in [0.25, 0.3) is 0 Å². The van der Waals surface area contributed by atoms with Gasteiger partial charge in [0.2, 0.25) is 5.91 Å². The lowest BCUT2D eigenvalue weighted by molar-refractivity contribution is -0.138. The number of carbonyl (C=O) groups excluding carboxylic acids is 1. The molecule has 5 heteroatoms. The van der Waals surface area contributed by atoms with Gasteiger partial charge in [-0.1, -0.05) is 12.1 Å². The standard InChI is InChI=1S/C16H17NO3S/c1-10(13-6-7-21-9-13)15(18)17-14-5-3-4-12(8-14)11(2)16(19)20/h3-11H,1-2H3,(H,17,18)(H,19,20). The van der Waals surface area contributed by atoms with E-state index < -0.39 is 11.9 Å². The molecule has 0 aliphatic carbocycles. The molecule has 0 saturated carbocycles. The van der Waals surface area contributed by atoms with Crippen molar-refractivity contribution in [3.63, 3.8) is 0 Å². The maximum absolute atomic E-state index is 12.2. The Bertz CT molecular complexity index is 637. The van der Waals surface area contributed by atoms with Gasteiger partial charge in [0.25, 0.3) is 0 Å². The molecule has 2 rings (SSSR count). The molecule has 1 heterocycles. The van der Waals surface area contributed by atoms with Crippen molar-refractivity contribution >= 4 is 28.9 Å². The first-order valence-electron chi connectivity index (χ1n) is 6.64. The van der Waals surface area contributed by atoms with E-state index in [0.717, 1.165) is 5.56 Å². The zero-order valence-electron chi connectivity index (χ0n) is 11.9. The monoisotopic (exact) mass is 303 g/mol. The normalized spacial score (nSPS) is 13.4. The van der Waals surface area contributed by atoms with Crippen LogP contribution in [-0.2, 0) is 9.59 Å². The highest BCUT2D eigenvalue weighted by molar-refractivity contribution is 7.08. The van der Waals surface area contributed by atoms with Crippen LogP contribution in [-0.4, -0.2) is 17.0 Å². The predicted octanol–water partition coefficient (Wildman–Crippen LogP) is 3.68. The molecule has 0 saturated heterocycles. The van der Waals surface area contributed by atoms with Crippen LogP contribution in [0.15, 0.2) is 41.1 Å². The second-order valence-electron chi connectivity index (χ2n) is 4.95. The summed E-state index contributed by atoms with van der Waals surface area (Å²) < 4.78 is 0. The summed E-state index contributed by atoms with van der Waals surface area (Å²) in [7, 11) is 0. The number of hydrogen-bond acceptors (Lipinski definition) is 3. The van der Waals surface area contributed by atoms with Gasteiger partial charge in [0.15, 0.2) is 0 Å². The molecular formula is C16H17NO3S. The Morgan fingerprint density at radius 3 is 2.52 bits per heavy atom. The molecule has 0 aliphatic heterocycles. The second-order valence-corrected chi connectivity index (χ2v) is 5.73. The first-order valence-corrected chi connectivity index (χ1v) is 7.59. The van der Waals surface area contributed by atoms with Gasteiger partial charge in [-0.3, -0.25) is 9.59 Å². The number of carbonyl (C=O) groups is 2. The van der Waals surface area contributed by atoms with Crippen LogP contribution >= 0.6 is 11.3 Å². The molecule has 0 spiro atoms. The summed E-state index contributed by atoms with van der Waals surface area (Å²) in [6.07, 6.45) is 0. The van der Waals surface area contributed by atoms with Crippen LogP contribution in [0.5, 0.6) is 0 Å². The third kappa shape index (κ3) is 3.70. The van der Waals surface area contributed by atoms with E-state index in [2.05, 4.69) is 5.32 Å². The van der Waals surface area contributed by atoms with Crippen molar-refractivity contribution in [3.8, 4) is 0 Å². The smallest absolute Gasteiger partial charge is 0.310 e. The van der Waals surface area contributed by atoms with Crippen LogP contribution in [0.1, 0.15) is 36.8 Å². The van der Waals surface area contributed by atoms with E-state index in [1.54, 1.807) is 42.5 Å². The van der Waals surface area contributed by atoms with E-state index in [0.29, 0.717) is 11.3 Å². The fourth-order valence-corrected chi connectivity index (χ4v) is 2.71. The van der Waals surface area contributed by atoms with Crippen LogP contribution in [0.2, 0.25) is 0 Å². The molecule has 110 valence electrons. The van der Waals surface area contributed by atoms with Crippen molar-refractivity contribution in [3.05, 3.63) is 52.2 Å². The molecule has 2 atom stereocenters. The number of aliphatic carboxylic acids is 1. The van der Waals surface area contributed by atoms with Crippen LogP contribution < -0.4 is 5.32 Å². The van der Waals surface area contributed by atoms with E-state index in [4.69, 9.17) is 5.11 Å². The molecule has 1 aromatic carbocycles. The summed E-state index contributed by atoms with van der Waals surface area (Å²) in [5.74, 6) is -1.83. The summed E-state index contributed by atoms with van der Waals surface area (Å²) in [5.41, 5.74) is 2.27. The van der Waals surface area contributed by atoms with Gasteiger partial charge in [-0.05, 0) is 53.9 Å². The maximum atomic E-state index is 12.2. The highest BCUT2D eigenvalue weighted by Crippen LogP contribution is 2.23. The summed E-state index contributed by atoms with van der Waals surface area (Å²) >= 11 is 1.56. The number of hydrogen-bond donors (Lipinski definition) is 2. The highest BCUT2D eigenvalue weighted by Gasteiger charge is 2.17. The van der Waals surface area contributed by atoms with Gasteiger partial charge >= 0.3 is 5.97 Å². The quantitative estimate of drug-likeness (QED) is 0.885. The van der Waals surface area contributed by atoms with E-state index in [1.807, 2.05) is 23.8 Å². The average molecular weight is 303 g/mol. The van der Waals surface area contributed by atoms with Crippen molar-refractivity contribution in [1.82, 2.24) is 0 Å². The van der Waals surface area contributed by atoms with Gasteiger partial charge in [-0.25, -0.2) is 0 Å². The average Bonchev–Trinajstić information content (AvgIpc) is 2.99. The molecule has 2 unspecified atom stereocenters. The van der Waals surface area contributed by atoms with Gasteiger partial charge in [-0.2, -0.15) is 11.3 Å². The van der Waals surface area contributed by atoms with Crippen molar-refractivity contribution in [1.29, 1.82) is 0 Å². The summed E-state index contributed by atoms with van der Waals surface area (Å²) in [5, 5.41) is 15.8. The Morgan fingerprint density at radius 2 is 1.90 bits per heavy atom. The largest absolute Gasteiger partial charge is 0.481 e. The van der Waals surface area contributed by atoms with E-state index in [1.165, 1.54) is 0 Å². The fraction of sp³-hybridized carbons (Fsp3) is 0.250. The van der Waals surface area contributed by atoms with E-state index in [9.17, 15) is 9.59 Å². The lowest BCUT2D eigenvalue weighted by Gasteiger charge is -2.13. The topological polar surface area (TPSA) is 66.4 Å². The van der Waals surface area contributed by atoms with E-state index >= 15 is 0 Å². The van der Waals surface area contributed by atoms with Gasteiger partial charge in [0.1, 0.15) is 0 Å². The minimum absolute atomic E-state index is 0.103. The Balaban J connectivity index is 2.11. The maximum Gasteiger partial charge on any atom is 0.310 e. The number of nitrogens with one attached hydrogen (secondary N) is 1. The summed E-state index contributed by atoms with van der Waals surface area (Å²) in [6, 6.07) is 8.89. The first kappa shape index (κ1) is 15.3. The number of benzene rings is 1. The predicted molar refractivity (Wildman–Crippen MR) is 83.9 cm³/mol. The number of anilines is 1. The molecule has 4 nitrogen and oxygen atoms in total. The summed E-state index contributed by atoms with van der Waals surface area (Å²) in [6.45, 7) is 3.47. The Morgan fingerprint density at radius 1 is 1.14 bits per heavy atom. The molecule has 0 radical (unpaired) electrons. The van der Waals surface area contributed by atoms with Crippen LogP contribution in [0.3, 0.4) is 0 Å². The van der Waals surface area contributed by atoms with Gasteiger partial charge in [0, 0.05) is 5.69 Å². The molecule has 2 aromatic rings. The summed E-state index contributed by atoms with van der Waals surface area (Å²) in [4.78, 5) is 23.2. The molecule has 0 bridgehead atoms. The fourth-order valence-electron chi connectivity index (χ4n) is 1.95. The van der Waals surface area contributed by atoms with Crippen molar-refractivity contribution < 1.29 is 14.7 Å². The SMILES string of the molecule is CC(C(=O)O)c1cccc(NC(=O)C(C)c2ccsc2)c1. The highest BCUT2D eigenvalue weighted by atomic mass is 32.1. The zero-order chi connectivity index (χ0) is 15.4. The van der Waals surface area contributed by atoms with E-state index in [-0.39, 0.29) is 11.8 Å². The van der Waals surface area contributed by atoms with Crippen molar-refractivity contribution in [2.75, 3.05) is 5.32 Å². The first-order chi connectivity index (χ1) is 9.99. The number of thiophene rings is 1. The molecular weight excluding hydrogens is 286 g/mol. The Hall–Kier alpha value is -2.14. The number of rotatable bonds is 5.